The van der Waals surface area contributed by atoms with Gasteiger partial charge < -0.3 is 5.11 Å². The molecule has 0 aromatic heterocycles. The summed E-state index contributed by atoms with van der Waals surface area (Å²) in [4.78, 5) is 0. The van der Waals surface area contributed by atoms with E-state index in [-0.39, 0.29) is 5.82 Å². The van der Waals surface area contributed by atoms with Crippen molar-refractivity contribution in [2.75, 3.05) is 0 Å². The molecule has 1 N–H and O–H groups in total. The van der Waals surface area contributed by atoms with Crippen LogP contribution in [-0.2, 0) is 5.60 Å². The molecule has 2 rings (SSSR count). The number of hydrogen-bond donors (Lipinski definition) is 1. The van der Waals surface area contributed by atoms with Crippen molar-refractivity contribution in [1.82, 2.24) is 0 Å². The third kappa shape index (κ3) is 2.05. The Labute approximate surface area is 89.9 Å². The van der Waals surface area contributed by atoms with Gasteiger partial charge in [0.2, 0.25) is 0 Å². The fourth-order valence-electron chi connectivity index (χ4n) is 2.51. The lowest BCUT2D eigenvalue weighted by molar-refractivity contribution is -0.00337. The smallest absolute Gasteiger partial charge is 0.123 e. The first-order valence-corrected chi connectivity index (χ1v) is 5.59. The molecule has 1 aliphatic rings. The minimum atomic E-state index is -0.801. The van der Waals surface area contributed by atoms with Crippen LogP contribution in [0.5, 0.6) is 0 Å². The molecule has 15 heavy (non-hydrogen) atoms. The molecule has 0 bridgehead atoms. The Morgan fingerprint density at radius 2 is 1.73 bits per heavy atom. The van der Waals surface area contributed by atoms with E-state index in [2.05, 4.69) is 0 Å². The van der Waals surface area contributed by atoms with E-state index in [9.17, 15) is 9.50 Å². The maximum Gasteiger partial charge on any atom is 0.123 e. The standard InChI is InChI=1S/C13H17FO/c1-13(15,10-4-2-3-5-10)11-6-8-12(14)9-7-11/h6-10,15H,2-5H2,1H3. The van der Waals surface area contributed by atoms with Crippen molar-refractivity contribution in [3.63, 3.8) is 0 Å². The number of benzene rings is 1. The Bertz CT molecular complexity index is 323. The second-order valence-corrected chi connectivity index (χ2v) is 4.64. The molecule has 0 heterocycles. The minimum absolute atomic E-state index is 0.249. The van der Waals surface area contributed by atoms with E-state index >= 15 is 0 Å². The second-order valence-electron chi connectivity index (χ2n) is 4.64. The molecule has 1 aliphatic carbocycles. The molecule has 0 radical (unpaired) electrons. The lowest BCUT2D eigenvalue weighted by atomic mass is 9.82. The number of halogens is 1. The largest absolute Gasteiger partial charge is 0.385 e. The highest BCUT2D eigenvalue weighted by Gasteiger charge is 2.35. The third-order valence-electron chi connectivity index (χ3n) is 3.58. The SMILES string of the molecule is CC(O)(c1ccc(F)cc1)C1CCCC1. The first-order valence-electron chi connectivity index (χ1n) is 5.59. The zero-order chi connectivity index (χ0) is 10.9. The molecule has 1 aromatic carbocycles. The predicted molar refractivity (Wildman–Crippen MR) is 57.9 cm³/mol. The van der Waals surface area contributed by atoms with Crippen molar-refractivity contribution < 1.29 is 9.50 Å². The Morgan fingerprint density at radius 1 is 1.20 bits per heavy atom. The van der Waals surface area contributed by atoms with E-state index in [0.29, 0.717) is 5.92 Å². The monoisotopic (exact) mass is 208 g/mol. The molecule has 2 heteroatoms. The van der Waals surface area contributed by atoms with Crippen LogP contribution < -0.4 is 0 Å². The van der Waals surface area contributed by atoms with Gasteiger partial charge in [0, 0.05) is 0 Å². The molecule has 1 fully saturated rings. The molecule has 82 valence electrons. The van der Waals surface area contributed by atoms with Crippen molar-refractivity contribution in [3.8, 4) is 0 Å². The Hall–Kier alpha value is -0.890. The first-order chi connectivity index (χ1) is 7.10. The molecule has 1 unspecified atom stereocenters. The summed E-state index contributed by atoms with van der Waals surface area (Å²) in [6.07, 6.45) is 4.54. The summed E-state index contributed by atoms with van der Waals surface area (Å²) in [5, 5.41) is 10.5. The van der Waals surface area contributed by atoms with Crippen LogP contribution in [-0.4, -0.2) is 5.11 Å². The molecule has 0 aliphatic heterocycles. The fraction of sp³-hybridized carbons (Fsp3) is 0.538. The van der Waals surface area contributed by atoms with Gasteiger partial charge in [0.15, 0.2) is 0 Å². The molecule has 1 nitrogen and oxygen atoms in total. The number of hydrogen-bond acceptors (Lipinski definition) is 1. The zero-order valence-corrected chi connectivity index (χ0v) is 9.04. The lowest BCUT2D eigenvalue weighted by Gasteiger charge is -2.30. The van der Waals surface area contributed by atoms with E-state index in [0.717, 1.165) is 18.4 Å². The highest BCUT2D eigenvalue weighted by atomic mass is 19.1. The molecule has 0 spiro atoms. The molecule has 1 atom stereocenters. The molecule has 0 amide bonds. The normalized spacial score (nSPS) is 21.5. The van der Waals surface area contributed by atoms with Crippen LogP contribution in [0.25, 0.3) is 0 Å². The second kappa shape index (κ2) is 3.93. The summed E-state index contributed by atoms with van der Waals surface area (Å²) in [6.45, 7) is 1.84. The van der Waals surface area contributed by atoms with Gasteiger partial charge >= 0.3 is 0 Å². The van der Waals surface area contributed by atoms with E-state index in [1.54, 1.807) is 12.1 Å². The van der Waals surface area contributed by atoms with Crippen LogP contribution in [0.4, 0.5) is 4.39 Å². The van der Waals surface area contributed by atoms with Gasteiger partial charge in [0.25, 0.3) is 0 Å². The van der Waals surface area contributed by atoms with Gasteiger partial charge in [0.1, 0.15) is 5.82 Å². The summed E-state index contributed by atoms with van der Waals surface area (Å²) < 4.78 is 12.8. The summed E-state index contributed by atoms with van der Waals surface area (Å²) in [5.41, 5.74) is 0.0281. The quantitative estimate of drug-likeness (QED) is 0.791. The molecule has 1 saturated carbocycles. The maximum atomic E-state index is 12.8. The Balaban J connectivity index is 2.23. The van der Waals surface area contributed by atoms with Crippen molar-refractivity contribution in [2.45, 2.75) is 38.2 Å². The van der Waals surface area contributed by atoms with Gasteiger partial charge in [-0.3, -0.25) is 0 Å². The Morgan fingerprint density at radius 3 is 2.27 bits per heavy atom. The highest BCUT2D eigenvalue weighted by molar-refractivity contribution is 5.23. The lowest BCUT2D eigenvalue weighted by Crippen LogP contribution is -2.29. The zero-order valence-electron chi connectivity index (χ0n) is 9.04. The van der Waals surface area contributed by atoms with Crippen LogP contribution >= 0.6 is 0 Å². The molecular formula is C13H17FO. The van der Waals surface area contributed by atoms with Crippen LogP contribution in [0.1, 0.15) is 38.2 Å². The van der Waals surface area contributed by atoms with Crippen molar-refractivity contribution in [3.05, 3.63) is 35.6 Å². The van der Waals surface area contributed by atoms with Gasteiger partial charge in [0.05, 0.1) is 5.60 Å². The van der Waals surface area contributed by atoms with E-state index in [1.807, 2.05) is 6.92 Å². The van der Waals surface area contributed by atoms with Gasteiger partial charge in [-0.25, -0.2) is 4.39 Å². The summed E-state index contributed by atoms with van der Waals surface area (Å²) >= 11 is 0. The third-order valence-corrected chi connectivity index (χ3v) is 3.58. The van der Waals surface area contributed by atoms with Crippen molar-refractivity contribution in [2.24, 2.45) is 5.92 Å². The summed E-state index contributed by atoms with van der Waals surface area (Å²) in [5.74, 6) is 0.0731. The van der Waals surface area contributed by atoms with Gasteiger partial charge in [-0.1, -0.05) is 25.0 Å². The fourth-order valence-corrected chi connectivity index (χ4v) is 2.51. The summed E-state index contributed by atoms with van der Waals surface area (Å²) in [7, 11) is 0. The van der Waals surface area contributed by atoms with Gasteiger partial charge in [-0.05, 0) is 43.4 Å². The molecule has 0 saturated heterocycles. The highest BCUT2D eigenvalue weighted by Crippen LogP contribution is 2.40. The number of rotatable bonds is 2. The topological polar surface area (TPSA) is 20.2 Å². The minimum Gasteiger partial charge on any atom is -0.385 e. The maximum absolute atomic E-state index is 12.8. The molecular weight excluding hydrogens is 191 g/mol. The first kappa shape index (κ1) is 10.6. The van der Waals surface area contributed by atoms with E-state index in [1.165, 1.54) is 25.0 Å². The average molecular weight is 208 g/mol. The molecule has 1 aromatic rings. The van der Waals surface area contributed by atoms with Crippen LogP contribution in [0.2, 0.25) is 0 Å². The van der Waals surface area contributed by atoms with E-state index < -0.39 is 5.60 Å². The Kier molecular flexibility index (Phi) is 2.79. The van der Waals surface area contributed by atoms with Gasteiger partial charge in [-0.2, -0.15) is 0 Å². The van der Waals surface area contributed by atoms with Gasteiger partial charge in [-0.15, -0.1) is 0 Å². The summed E-state index contributed by atoms with van der Waals surface area (Å²) in [6, 6.07) is 6.21. The van der Waals surface area contributed by atoms with Crippen molar-refractivity contribution in [1.29, 1.82) is 0 Å². The van der Waals surface area contributed by atoms with Crippen molar-refractivity contribution >= 4 is 0 Å². The predicted octanol–water partition coefficient (Wildman–Crippen LogP) is 3.22. The van der Waals surface area contributed by atoms with Crippen LogP contribution in [0.3, 0.4) is 0 Å². The van der Waals surface area contributed by atoms with Crippen LogP contribution in [0, 0.1) is 11.7 Å². The van der Waals surface area contributed by atoms with Crippen LogP contribution in [0.15, 0.2) is 24.3 Å². The average Bonchev–Trinajstić information content (AvgIpc) is 2.71. The van der Waals surface area contributed by atoms with E-state index in [4.69, 9.17) is 0 Å². The number of aliphatic hydroxyl groups is 1.